The summed E-state index contributed by atoms with van der Waals surface area (Å²) in [6.45, 7) is 8.54. The number of hydrogen-bond donors (Lipinski definition) is 1. The monoisotopic (exact) mass is 262 g/mol. The average molecular weight is 262 g/mol. The van der Waals surface area contributed by atoms with Gasteiger partial charge in [-0.25, -0.2) is 0 Å². The molecule has 0 bridgehead atoms. The molecule has 2 nitrogen and oxygen atoms in total. The molecule has 19 heavy (non-hydrogen) atoms. The predicted molar refractivity (Wildman–Crippen MR) is 84.1 cm³/mol. The Morgan fingerprint density at radius 3 is 2.47 bits per heavy atom. The van der Waals surface area contributed by atoms with Gasteiger partial charge >= 0.3 is 0 Å². The molecule has 0 spiro atoms. The smallest absolute Gasteiger partial charge is 0.0234 e. The number of hydrogen-bond acceptors (Lipinski definition) is 2. The van der Waals surface area contributed by atoms with E-state index in [9.17, 15) is 0 Å². The molecule has 108 valence electrons. The van der Waals surface area contributed by atoms with Crippen LogP contribution >= 0.6 is 0 Å². The molecule has 0 aliphatic heterocycles. The Bertz CT molecular complexity index is 310. The van der Waals surface area contributed by atoms with Gasteiger partial charge in [-0.05, 0) is 17.9 Å². The van der Waals surface area contributed by atoms with Crippen molar-refractivity contribution in [2.75, 3.05) is 19.6 Å². The van der Waals surface area contributed by atoms with Gasteiger partial charge in [0.2, 0.25) is 0 Å². The summed E-state index contributed by atoms with van der Waals surface area (Å²) >= 11 is 0. The lowest BCUT2D eigenvalue weighted by Gasteiger charge is -2.26. The van der Waals surface area contributed by atoms with E-state index in [4.69, 9.17) is 5.73 Å². The van der Waals surface area contributed by atoms with E-state index in [-0.39, 0.29) is 0 Å². The van der Waals surface area contributed by atoms with Crippen molar-refractivity contribution in [3.63, 3.8) is 0 Å². The highest BCUT2D eigenvalue weighted by atomic mass is 15.1. The molecule has 0 amide bonds. The van der Waals surface area contributed by atoms with Crippen LogP contribution in [0.3, 0.4) is 0 Å². The van der Waals surface area contributed by atoms with E-state index in [1.807, 2.05) is 0 Å². The van der Waals surface area contributed by atoms with Gasteiger partial charge in [-0.3, -0.25) is 4.90 Å². The van der Waals surface area contributed by atoms with Gasteiger partial charge in [-0.2, -0.15) is 0 Å². The summed E-state index contributed by atoms with van der Waals surface area (Å²) in [5.74, 6) is 0.815. The second-order valence-electron chi connectivity index (χ2n) is 5.43. The quantitative estimate of drug-likeness (QED) is 0.697. The van der Waals surface area contributed by atoms with E-state index in [2.05, 4.69) is 49.1 Å². The van der Waals surface area contributed by atoms with Crippen LogP contribution in [0.5, 0.6) is 0 Å². The largest absolute Gasteiger partial charge is 0.329 e. The van der Waals surface area contributed by atoms with Gasteiger partial charge in [0.25, 0.3) is 0 Å². The Kier molecular flexibility index (Phi) is 8.52. The highest BCUT2D eigenvalue weighted by molar-refractivity contribution is 5.14. The zero-order chi connectivity index (χ0) is 13.9. The van der Waals surface area contributed by atoms with Crippen molar-refractivity contribution in [1.82, 2.24) is 4.90 Å². The first kappa shape index (κ1) is 16.2. The lowest BCUT2D eigenvalue weighted by Crippen LogP contribution is -2.33. The minimum Gasteiger partial charge on any atom is -0.329 e. The fourth-order valence-electron chi connectivity index (χ4n) is 2.54. The molecule has 2 N–H and O–H groups in total. The number of nitrogens with two attached hydrogens (primary N) is 1. The van der Waals surface area contributed by atoms with Crippen LogP contribution in [0.2, 0.25) is 0 Å². The van der Waals surface area contributed by atoms with Crippen molar-refractivity contribution in [1.29, 1.82) is 0 Å². The maximum atomic E-state index is 5.76. The lowest BCUT2D eigenvalue weighted by atomic mass is 9.98. The summed E-state index contributed by atoms with van der Waals surface area (Å²) in [5, 5.41) is 0. The number of unbranched alkanes of at least 4 members (excludes halogenated alkanes) is 1. The fraction of sp³-hybridized carbons (Fsp3) is 0.647. The van der Waals surface area contributed by atoms with E-state index < -0.39 is 0 Å². The van der Waals surface area contributed by atoms with E-state index in [0.29, 0.717) is 0 Å². The maximum Gasteiger partial charge on any atom is 0.0234 e. The van der Waals surface area contributed by atoms with Gasteiger partial charge in [0.1, 0.15) is 0 Å². The van der Waals surface area contributed by atoms with Crippen molar-refractivity contribution in [2.24, 2.45) is 11.7 Å². The summed E-state index contributed by atoms with van der Waals surface area (Å²) in [4.78, 5) is 2.51. The molecule has 0 saturated carbocycles. The molecule has 0 heterocycles. The molecule has 1 unspecified atom stereocenters. The molecule has 0 fully saturated rings. The second kappa shape index (κ2) is 9.99. The molecule has 0 aromatic heterocycles. The van der Waals surface area contributed by atoms with Crippen molar-refractivity contribution in [2.45, 2.75) is 46.1 Å². The second-order valence-corrected chi connectivity index (χ2v) is 5.43. The lowest BCUT2D eigenvalue weighted by molar-refractivity contribution is 0.216. The zero-order valence-corrected chi connectivity index (χ0v) is 12.6. The van der Waals surface area contributed by atoms with E-state index in [1.165, 1.54) is 37.8 Å². The summed E-state index contributed by atoms with van der Waals surface area (Å²) in [5.41, 5.74) is 7.15. The van der Waals surface area contributed by atoms with E-state index >= 15 is 0 Å². The Morgan fingerprint density at radius 2 is 1.89 bits per heavy atom. The summed E-state index contributed by atoms with van der Waals surface area (Å²) in [7, 11) is 0. The topological polar surface area (TPSA) is 29.3 Å². The minimum atomic E-state index is 0.747. The number of nitrogens with zero attached hydrogens (tertiary/aromatic N) is 1. The van der Waals surface area contributed by atoms with Gasteiger partial charge in [0.05, 0.1) is 0 Å². The first-order valence-corrected chi connectivity index (χ1v) is 7.76. The first-order valence-electron chi connectivity index (χ1n) is 7.76. The minimum absolute atomic E-state index is 0.747. The Labute approximate surface area is 119 Å². The summed E-state index contributed by atoms with van der Waals surface area (Å²) in [6, 6.07) is 10.7. The van der Waals surface area contributed by atoms with Gasteiger partial charge in [-0.1, -0.05) is 63.4 Å². The third-order valence-electron chi connectivity index (χ3n) is 3.75. The standard InChI is InChI=1S/C17H30N2/c1-3-5-9-16(4-2)14-19(13-12-18)15-17-10-7-6-8-11-17/h6-8,10-11,16H,3-5,9,12-15,18H2,1-2H3. The van der Waals surface area contributed by atoms with E-state index in [1.54, 1.807) is 0 Å². The van der Waals surface area contributed by atoms with Crippen LogP contribution in [-0.2, 0) is 6.54 Å². The average Bonchev–Trinajstić information content (AvgIpc) is 2.44. The van der Waals surface area contributed by atoms with E-state index in [0.717, 1.165) is 25.6 Å². The van der Waals surface area contributed by atoms with Crippen molar-refractivity contribution >= 4 is 0 Å². The molecule has 0 radical (unpaired) electrons. The van der Waals surface area contributed by atoms with Crippen LogP contribution in [0, 0.1) is 5.92 Å². The maximum absolute atomic E-state index is 5.76. The Hall–Kier alpha value is -0.860. The highest BCUT2D eigenvalue weighted by Crippen LogP contribution is 2.15. The first-order chi connectivity index (χ1) is 9.30. The molecule has 0 saturated heterocycles. The number of rotatable bonds is 10. The molecule has 0 aliphatic rings. The van der Waals surface area contributed by atoms with Crippen LogP contribution in [-0.4, -0.2) is 24.5 Å². The van der Waals surface area contributed by atoms with Crippen LogP contribution in [0.15, 0.2) is 30.3 Å². The number of benzene rings is 1. The molecule has 0 aliphatic carbocycles. The molecular weight excluding hydrogens is 232 g/mol. The normalized spacial score (nSPS) is 12.8. The SMILES string of the molecule is CCCCC(CC)CN(CCN)Cc1ccccc1. The molecule has 1 aromatic carbocycles. The van der Waals surface area contributed by atoms with Crippen molar-refractivity contribution in [3.05, 3.63) is 35.9 Å². The van der Waals surface area contributed by atoms with Crippen LogP contribution in [0.4, 0.5) is 0 Å². The van der Waals surface area contributed by atoms with Crippen molar-refractivity contribution < 1.29 is 0 Å². The van der Waals surface area contributed by atoms with Gasteiger partial charge < -0.3 is 5.73 Å². The van der Waals surface area contributed by atoms with Crippen LogP contribution < -0.4 is 5.73 Å². The Balaban J connectivity index is 2.51. The van der Waals surface area contributed by atoms with Crippen LogP contribution in [0.1, 0.15) is 45.1 Å². The predicted octanol–water partition coefficient (Wildman–Crippen LogP) is 3.66. The van der Waals surface area contributed by atoms with Crippen LogP contribution in [0.25, 0.3) is 0 Å². The molecule has 1 rings (SSSR count). The van der Waals surface area contributed by atoms with Gasteiger partial charge in [0.15, 0.2) is 0 Å². The fourth-order valence-corrected chi connectivity index (χ4v) is 2.54. The molecule has 1 atom stereocenters. The highest BCUT2D eigenvalue weighted by Gasteiger charge is 2.12. The Morgan fingerprint density at radius 1 is 1.16 bits per heavy atom. The van der Waals surface area contributed by atoms with Gasteiger partial charge in [-0.15, -0.1) is 0 Å². The zero-order valence-electron chi connectivity index (χ0n) is 12.6. The molecule has 2 heteroatoms. The third kappa shape index (κ3) is 6.74. The summed E-state index contributed by atoms with van der Waals surface area (Å²) in [6.07, 6.45) is 5.27. The third-order valence-corrected chi connectivity index (χ3v) is 3.75. The molecular formula is C17H30N2. The molecule has 1 aromatic rings. The van der Waals surface area contributed by atoms with Gasteiger partial charge in [0, 0.05) is 26.2 Å². The van der Waals surface area contributed by atoms with Crippen molar-refractivity contribution in [3.8, 4) is 0 Å². The summed E-state index contributed by atoms with van der Waals surface area (Å²) < 4.78 is 0.